The molecule has 2 aliphatic heterocycles. The van der Waals surface area contributed by atoms with E-state index < -0.39 is 0 Å². The minimum absolute atomic E-state index is 0.0791. The average Bonchev–Trinajstić information content (AvgIpc) is 3.25. The van der Waals surface area contributed by atoms with Gasteiger partial charge in [0.15, 0.2) is 5.82 Å². The molecule has 1 N–H and O–H groups in total. The van der Waals surface area contributed by atoms with Crippen LogP contribution in [0.4, 0.5) is 5.82 Å². The molecule has 2 saturated heterocycles. The Morgan fingerprint density at radius 3 is 2.76 bits per heavy atom. The molecule has 2 aromatic heterocycles. The second kappa shape index (κ2) is 7.69. The molecule has 0 aliphatic carbocycles. The molecule has 6 heteroatoms. The monoisotopic (exact) mass is 390 g/mol. The molecular formula is C23H26N4O2. The zero-order valence-electron chi connectivity index (χ0n) is 16.5. The van der Waals surface area contributed by atoms with Crippen LogP contribution in [-0.4, -0.2) is 53.0 Å². The molecule has 0 radical (unpaired) electrons. The molecular weight excluding hydrogens is 364 g/mol. The van der Waals surface area contributed by atoms with Crippen LogP contribution < -0.4 is 4.90 Å². The Morgan fingerprint density at radius 1 is 1.10 bits per heavy atom. The lowest BCUT2D eigenvalue weighted by Crippen LogP contribution is -2.40. The summed E-state index contributed by atoms with van der Waals surface area (Å²) in [5.74, 6) is 2.15. The van der Waals surface area contributed by atoms with Gasteiger partial charge in [0.2, 0.25) is 0 Å². The van der Waals surface area contributed by atoms with Gasteiger partial charge in [-0.05, 0) is 49.4 Å². The minimum Gasteiger partial charge on any atom is -0.396 e. The summed E-state index contributed by atoms with van der Waals surface area (Å²) >= 11 is 0. The van der Waals surface area contributed by atoms with E-state index in [1.54, 1.807) is 12.4 Å². The summed E-state index contributed by atoms with van der Waals surface area (Å²) in [5.41, 5.74) is 1.77. The molecule has 2 aliphatic rings. The van der Waals surface area contributed by atoms with Gasteiger partial charge in [-0.2, -0.15) is 0 Å². The highest BCUT2D eigenvalue weighted by Gasteiger charge is 2.45. The van der Waals surface area contributed by atoms with Crippen molar-refractivity contribution in [2.45, 2.75) is 19.3 Å². The maximum absolute atomic E-state index is 10.4. The highest BCUT2D eigenvalue weighted by atomic mass is 16.5. The standard InChI is InChI=1S/C23H26N4O2/c28-16-23(18-7-12-29-13-8-18)9-11-27(15-23)22-19-5-1-2-6-20(19)25-21(26-22)17-4-3-10-24-14-17/h1-6,10,14,18,28H,7-9,11-13,15-16H2. The number of nitrogens with zero attached hydrogens (tertiary/aromatic N) is 4. The average molecular weight is 390 g/mol. The first-order valence-electron chi connectivity index (χ1n) is 10.4. The van der Waals surface area contributed by atoms with Crippen molar-refractivity contribution in [1.82, 2.24) is 15.0 Å². The maximum Gasteiger partial charge on any atom is 0.163 e. The highest BCUT2D eigenvalue weighted by Crippen LogP contribution is 2.44. The van der Waals surface area contributed by atoms with Crippen molar-refractivity contribution >= 4 is 16.7 Å². The summed E-state index contributed by atoms with van der Waals surface area (Å²) in [4.78, 5) is 16.3. The largest absolute Gasteiger partial charge is 0.396 e. The third-order valence-corrected chi connectivity index (χ3v) is 6.59. The molecule has 0 spiro atoms. The number of rotatable bonds is 4. The lowest BCUT2D eigenvalue weighted by atomic mass is 9.71. The number of aliphatic hydroxyl groups is 1. The fourth-order valence-electron chi connectivity index (χ4n) is 4.90. The molecule has 1 atom stereocenters. The molecule has 1 aromatic carbocycles. The van der Waals surface area contributed by atoms with Gasteiger partial charge >= 0.3 is 0 Å². The molecule has 0 amide bonds. The second-order valence-corrected chi connectivity index (χ2v) is 8.21. The van der Waals surface area contributed by atoms with Crippen LogP contribution in [0.1, 0.15) is 19.3 Å². The van der Waals surface area contributed by atoms with Crippen LogP contribution in [0.5, 0.6) is 0 Å². The Labute approximate surface area is 170 Å². The number of pyridine rings is 1. The Balaban J connectivity index is 1.54. The smallest absolute Gasteiger partial charge is 0.163 e. The molecule has 2 fully saturated rings. The summed E-state index contributed by atoms with van der Waals surface area (Å²) in [6.07, 6.45) is 6.60. The van der Waals surface area contributed by atoms with E-state index in [0.717, 1.165) is 67.8 Å². The van der Waals surface area contributed by atoms with E-state index in [4.69, 9.17) is 14.7 Å². The zero-order chi connectivity index (χ0) is 19.7. The quantitative estimate of drug-likeness (QED) is 0.737. The van der Waals surface area contributed by atoms with Crippen LogP contribution >= 0.6 is 0 Å². The fourth-order valence-corrected chi connectivity index (χ4v) is 4.90. The van der Waals surface area contributed by atoms with E-state index in [1.807, 2.05) is 30.3 Å². The van der Waals surface area contributed by atoms with E-state index in [0.29, 0.717) is 11.7 Å². The van der Waals surface area contributed by atoms with E-state index >= 15 is 0 Å². The number of aliphatic hydroxyl groups excluding tert-OH is 1. The van der Waals surface area contributed by atoms with Crippen molar-refractivity contribution in [1.29, 1.82) is 0 Å². The van der Waals surface area contributed by atoms with Gasteiger partial charge in [0, 0.05) is 55.1 Å². The SMILES string of the molecule is OCC1(C2CCOCC2)CCN(c2nc(-c3cccnc3)nc3ccccc23)C1. The molecule has 6 nitrogen and oxygen atoms in total. The Hall–Kier alpha value is -2.57. The van der Waals surface area contributed by atoms with E-state index in [1.165, 1.54) is 0 Å². The Bertz CT molecular complexity index is 991. The first kappa shape index (κ1) is 18.5. The number of ether oxygens (including phenoxy) is 1. The summed E-state index contributed by atoms with van der Waals surface area (Å²) in [5, 5.41) is 11.4. The van der Waals surface area contributed by atoms with Gasteiger partial charge in [0.1, 0.15) is 5.82 Å². The molecule has 0 saturated carbocycles. The van der Waals surface area contributed by atoms with Gasteiger partial charge < -0.3 is 14.7 Å². The van der Waals surface area contributed by atoms with Crippen molar-refractivity contribution in [3.05, 3.63) is 48.8 Å². The van der Waals surface area contributed by atoms with Crippen molar-refractivity contribution in [3.63, 3.8) is 0 Å². The number of hydrogen-bond donors (Lipinski definition) is 1. The van der Waals surface area contributed by atoms with Gasteiger partial charge in [-0.25, -0.2) is 9.97 Å². The van der Waals surface area contributed by atoms with Gasteiger partial charge in [-0.1, -0.05) is 12.1 Å². The molecule has 4 heterocycles. The number of para-hydroxylation sites is 1. The highest BCUT2D eigenvalue weighted by molar-refractivity contribution is 5.91. The Kier molecular flexibility index (Phi) is 4.89. The number of anilines is 1. The number of hydrogen-bond acceptors (Lipinski definition) is 6. The minimum atomic E-state index is -0.0791. The van der Waals surface area contributed by atoms with Gasteiger partial charge in [-0.3, -0.25) is 4.98 Å². The van der Waals surface area contributed by atoms with Crippen LogP contribution in [0.2, 0.25) is 0 Å². The normalized spacial score (nSPS) is 23.0. The third kappa shape index (κ3) is 3.36. The predicted molar refractivity (Wildman–Crippen MR) is 113 cm³/mol. The van der Waals surface area contributed by atoms with Gasteiger partial charge in [-0.15, -0.1) is 0 Å². The number of fused-ring (bicyclic) bond motifs is 1. The molecule has 150 valence electrons. The number of aromatic nitrogens is 3. The lowest BCUT2D eigenvalue weighted by molar-refractivity contribution is -0.00721. The van der Waals surface area contributed by atoms with E-state index in [-0.39, 0.29) is 12.0 Å². The summed E-state index contributed by atoms with van der Waals surface area (Å²) in [7, 11) is 0. The summed E-state index contributed by atoms with van der Waals surface area (Å²) < 4.78 is 5.56. The maximum atomic E-state index is 10.4. The first-order valence-corrected chi connectivity index (χ1v) is 10.4. The molecule has 0 bridgehead atoms. The second-order valence-electron chi connectivity index (χ2n) is 8.21. The van der Waals surface area contributed by atoms with Crippen molar-refractivity contribution in [2.24, 2.45) is 11.3 Å². The van der Waals surface area contributed by atoms with E-state index in [2.05, 4.69) is 16.0 Å². The number of benzene rings is 1. The molecule has 3 aromatic rings. The van der Waals surface area contributed by atoms with Crippen LogP contribution in [0.15, 0.2) is 48.8 Å². The Morgan fingerprint density at radius 2 is 1.97 bits per heavy atom. The zero-order valence-corrected chi connectivity index (χ0v) is 16.5. The topological polar surface area (TPSA) is 71.4 Å². The van der Waals surface area contributed by atoms with Crippen LogP contribution in [0, 0.1) is 11.3 Å². The summed E-state index contributed by atoms with van der Waals surface area (Å²) in [6, 6.07) is 12.1. The van der Waals surface area contributed by atoms with Gasteiger partial charge in [0.25, 0.3) is 0 Å². The fraction of sp³-hybridized carbons (Fsp3) is 0.435. The molecule has 5 rings (SSSR count). The third-order valence-electron chi connectivity index (χ3n) is 6.59. The molecule has 29 heavy (non-hydrogen) atoms. The van der Waals surface area contributed by atoms with Crippen LogP contribution in [0.25, 0.3) is 22.3 Å². The van der Waals surface area contributed by atoms with E-state index in [9.17, 15) is 5.11 Å². The first-order chi connectivity index (χ1) is 14.3. The van der Waals surface area contributed by atoms with Crippen molar-refractivity contribution < 1.29 is 9.84 Å². The van der Waals surface area contributed by atoms with Crippen molar-refractivity contribution in [2.75, 3.05) is 37.8 Å². The lowest BCUT2D eigenvalue weighted by Gasteiger charge is -2.38. The van der Waals surface area contributed by atoms with Crippen molar-refractivity contribution in [3.8, 4) is 11.4 Å². The predicted octanol–water partition coefficient (Wildman–Crippen LogP) is 3.31. The summed E-state index contributed by atoms with van der Waals surface area (Å²) in [6.45, 7) is 3.53. The van der Waals surface area contributed by atoms with Crippen LogP contribution in [0.3, 0.4) is 0 Å². The van der Waals surface area contributed by atoms with Gasteiger partial charge in [0.05, 0.1) is 12.1 Å². The molecule has 1 unspecified atom stereocenters. The van der Waals surface area contributed by atoms with Crippen LogP contribution in [-0.2, 0) is 4.74 Å².